The zero-order valence-corrected chi connectivity index (χ0v) is 14.0. The first-order chi connectivity index (χ1) is 10.7. The van der Waals surface area contributed by atoms with Gasteiger partial charge in [0.05, 0.1) is 0 Å². The van der Waals surface area contributed by atoms with E-state index in [9.17, 15) is 4.79 Å². The Labute approximate surface area is 136 Å². The number of nitrogens with one attached hydrogen (secondary N) is 1. The molecule has 5 heteroatoms. The number of urea groups is 1. The molecular weight excluding hydrogens is 294 g/mol. The van der Waals surface area contributed by atoms with E-state index < -0.39 is 0 Å². The lowest BCUT2D eigenvalue weighted by Gasteiger charge is -2.18. The van der Waals surface area contributed by atoms with Crippen LogP contribution < -0.4 is 5.32 Å². The van der Waals surface area contributed by atoms with Crippen molar-refractivity contribution in [1.82, 2.24) is 14.8 Å². The minimum atomic E-state index is -0.0259. The lowest BCUT2D eigenvalue weighted by atomic mass is 10.2. The van der Waals surface area contributed by atoms with E-state index in [0.29, 0.717) is 13.1 Å². The molecule has 0 saturated heterocycles. The van der Waals surface area contributed by atoms with Crippen LogP contribution in [-0.4, -0.2) is 35.3 Å². The lowest BCUT2D eigenvalue weighted by molar-refractivity contribution is 0.206. The summed E-state index contributed by atoms with van der Waals surface area (Å²) in [7, 11) is 1.83. The Balaban J connectivity index is 1.72. The minimum Gasteiger partial charge on any atom is -0.354 e. The number of benzene rings is 1. The number of aryl methyl sites for hydroxylation is 1. The van der Waals surface area contributed by atoms with Crippen molar-refractivity contribution < 1.29 is 4.79 Å². The first-order valence-electron chi connectivity index (χ1n) is 7.41. The molecule has 0 atom stereocenters. The Kier molecular flexibility index (Phi) is 6.40. The van der Waals surface area contributed by atoms with Crippen LogP contribution in [0.3, 0.4) is 0 Å². The van der Waals surface area contributed by atoms with Gasteiger partial charge in [0.1, 0.15) is 0 Å². The van der Waals surface area contributed by atoms with E-state index in [1.54, 1.807) is 16.7 Å². The molecule has 0 spiro atoms. The summed E-state index contributed by atoms with van der Waals surface area (Å²) >= 11 is 1.71. The number of hydrogen-bond acceptors (Lipinski definition) is 2. The standard InChI is InChI=1S/C17H23N3OS/c1-19(14-15-7-5-8-16(13-15)22-2)17(21)18-9-6-12-20-10-3-4-11-20/h3-5,7-8,10-11,13H,6,9,12,14H2,1-2H3,(H,18,21). The topological polar surface area (TPSA) is 37.3 Å². The third kappa shape index (κ3) is 5.15. The normalized spacial score (nSPS) is 10.5. The molecule has 0 saturated carbocycles. The number of nitrogens with zero attached hydrogens (tertiary/aromatic N) is 2. The van der Waals surface area contributed by atoms with Gasteiger partial charge in [-0.2, -0.15) is 0 Å². The highest BCUT2D eigenvalue weighted by molar-refractivity contribution is 7.98. The van der Waals surface area contributed by atoms with E-state index in [-0.39, 0.29) is 6.03 Å². The van der Waals surface area contributed by atoms with Crippen LogP contribution in [0.5, 0.6) is 0 Å². The molecule has 0 aliphatic carbocycles. The van der Waals surface area contributed by atoms with Crippen molar-refractivity contribution in [2.45, 2.75) is 24.4 Å². The Bertz CT molecular complexity index is 583. The molecule has 2 aromatic rings. The molecule has 0 unspecified atom stereocenters. The summed E-state index contributed by atoms with van der Waals surface area (Å²) in [6.07, 6.45) is 7.05. The minimum absolute atomic E-state index is 0.0259. The van der Waals surface area contributed by atoms with Crippen LogP contribution in [0, 0.1) is 0 Å². The summed E-state index contributed by atoms with van der Waals surface area (Å²) in [5, 5.41) is 2.96. The molecule has 1 N–H and O–H groups in total. The molecule has 1 aromatic heterocycles. The summed E-state index contributed by atoms with van der Waals surface area (Å²) in [5.74, 6) is 0. The van der Waals surface area contributed by atoms with Gasteiger partial charge in [-0.15, -0.1) is 11.8 Å². The van der Waals surface area contributed by atoms with E-state index in [4.69, 9.17) is 0 Å². The summed E-state index contributed by atoms with van der Waals surface area (Å²) in [6, 6.07) is 12.3. The number of hydrogen-bond donors (Lipinski definition) is 1. The molecule has 1 aromatic carbocycles. The monoisotopic (exact) mass is 317 g/mol. The summed E-state index contributed by atoms with van der Waals surface area (Å²) in [5.41, 5.74) is 1.15. The lowest BCUT2D eigenvalue weighted by Crippen LogP contribution is -2.37. The predicted octanol–water partition coefficient (Wildman–Crippen LogP) is 3.44. The van der Waals surface area contributed by atoms with Crippen LogP contribution in [-0.2, 0) is 13.1 Å². The van der Waals surface area contributed by atoms with Crippen LogP contribution in [0.4, 0.5) is 4.79 Å². The fraction of sp³-hybridized carbons (Fsp3) is 0.353. The maximum Gasteiger partial charge on any atom is 0.317 e. The molecule has 0 aliphatic heterocycles. The predicted molar refractivity (Wildman–Crippen MR) is 92.1 cm³/mol. The molecule has 2 rings (SSSR count). The van der Waals surface area contributed by atoms with Crippen molar-refractivity contribution in [2.75, 3.05) is 19.8 Å². The maximum absolute atomic E-state index is 12.1. The van der Waals surface area contributed by atoms with Gasteiger partial charge in [0.2, 0.25) is 0 Å². The van der Waals surface area contributed by atoms with Crippen LogP contribution >= 0.6 is 11.8 Å². The van der Waals surface area contributed by atoms with Gasteiger partial charge in [0, 0.05) is 44.0 Å². The number of aromatic nitrogens is 1. The maximum atomic E-state index is 12.1. The molecule has 22 heavy (non-hydrogen) atoms. The highest BCUT2D eigenvalue weighted by Gasteiger charge is 2.08. The van der Waals surface area contributed by atoms with Gasteiger partial charge < -0.3 is 14.8 Å². The molecule has 0 aliphatic rings. The first-order valence-corrected chi connectivity index (χ1v) is 8.64. The molecular formula is C17H23N3OS. The van der Waals surface area contributed by atoms with Gasteiger partial charge in [0.15, 0.2) is 0 Å². The molecule has 0 radical (unpaired) electrons. The highest BCUT2D eigenvalue weighted by Crippen LogP contribution is 2.16. The highest BCUT2D eigenvalue weighted by atomic mass is 32.2. The smallest absolute Gasteiger partial charge is 0.317 e. The van der Waals surface area contributed by atoms with Crippen molar-refractivity contribution in [3.63, 3.8) is 0 Å². The number of rotatable bonds is 7. The van der Waals surface area contributed by atoms with Crippen molar-refractivity contribution in [2.24, 2.45) is 0 Å². The fourth-order valence-corrected chi connectivity index (χ4v) is 2.71. The Hall–Kier alpha value is -1.88. The second-order valence-electron chi connectivity index (χ2n) is 5.21. The number of carbonyl (C=O) groups excluding carboxylic acids is 1. The van der Waals surface area contributed by atoms with Crippen molar-refractivity contribution in [1.29, 1.82) is 0 Å². The molecule has 0 fully saturated rings. The van der Waals surface area contributed by atoms with Gasteiger partial charge in [-0.05, 0) is 42.5 Å². The average molecular weight is 317 g/mol. The third-order valence-electron chi connectivity index (χ3n) is 3.44. The first kappa shape index (κ1) is 16.5. The summed E-state index contributed by atoms with van der Waals surface area (Å²) < 4.78 is 2.11. The average Bonchev–Trinajstić information content (AvgIpc) is 3.04. The Morgan fingerprint density at radius 3 is 2.77 bits per heavy atom. The van der Waals surface area contributed by atoms with E-state index in [1.807, 2.05) is 37.6 Å². The molecule has 2 amide bonds. The van der Waals surface area contributed by atoms with Crippen LogP contribution in [0.1, 0.15) is 12.0 Å². The second kappa shape index (κ2) is 8.54. The molecule has 1 heterocycles. The van der Waals surface area contributed by atoms with E-state index >= 15 is 0 Å². The van der Waals surface area contributed by atoms with Crippen LogP contribution in [0.15, 0.2) is 53.7 Å². The van der Waals surface area contributed by atoms with Gasteiger partial charge in [-0.3, -0.25) is 0 Å². The van der Waals surface area contributed by atoms with Crippen LogP contribution in [0.2, 0.25) is 0 Å². The SMILES string of the molecule is CSc1cccc(CN(C)C(=O)NCCCn2cccc2)c1. The fourth-order valence-electron chi connectivity index (χ4n) is 2.23. The van der Waals surface area contributed by atoms with Crippen molar-refractivity contribution >= 4 is 17.8 Å². The Morgan fingerprint density at radius 1 is 1.27 bits per heavy atom. The zero-order chi connectivity index (χ0) is 15.8. The largest absolute Gasteiger partial charge is 0.354 e. The van der Waals surface area contributed by atoms with E-state index in [1.165, 1.54) is 4.90 Å². The molecule has 0 bridgehead atoms. The van der Waals surface area contributed by atoms with Crippen molar-refractivity contribution in [3.8, 4) is 0 Å². The molecule has 118 valence electrons. The van der Waals surface area contributed by atoms with Crippen molar-refractivity contribution in [3.05, 3.63) is 54.4 Å². The van der Waals surface area contributed by atoms with Gasteiger partial charge in [0.25, 0.3) is 0 Å². The van der Waals surface area contributed by atoms with Crippen LogP contribution in [0.25, 0.3) is 0 Å². The molecule has 4 nitrogen and oxygen atoms in total. The second-order valence-corrected chi connectivity index (χ2v) is 6.09. The number of carbonyl (C=O) groups is 1. The van der Waals surface area contributed by atoms with Gasteiger partial charge >= 0.3 is 6.03 Å². The van der Waals surface area contributed by atoms with Gasteiger partial charge in [-0.25, -0.2) is 4.79 Å². The third-order valence-corrected chi connectivity index (χ3v) is 4.16. The Morgan fingerprint density at radius 2 is 2.05 bits per heavy atom. The number of thioether (sulfide) groups is 1. The van der Waals surface area contributed by atoms with E-state index in [2.05, 4.69) is 34.3 Å². The quantitative estimate of drug-likeness (QED) is 0.627. The number of amides is 2. The summed E-state index contributed by atoms with van der Waals surface area (Å²) in [6.45, 7) is 2.23. The van der Waals surface area contributed by atoms with E-state index in [0.717, 1.165) is 18.5 Å². The zero-order valence-electron chi connectivity index (χ0n) is 13.2. The van der Waals surface area contributed by atoms with Gasteiger partial charge in [-0.1, -0.05) is 12.1 Å². The summed E-state index contributed by atoms with van der Waals surface area (Å²) in [4.78, 5) is 15.0.